The maximum Gasteiger partial charge on any atom is 0.115 e. The van der Waals surface area contributed by atoms with Crippen molar-refractivity contribution in [1.29, 1.82) is 0 Å². The van der Waals surface area contributed by atoms with Crippen molar-refractivity contribution in [2.75, 3.05) is 11.9 Å². The second-order valence-electron chi connectivity index (χ2n) is 3.75. The van der Waals surface area contributed by atoms with Gasteiger partial charge in [0.25, 0.3) is 0 Å². The van der Waals surface area contributed by atoms with Crippen LogP contribution in [0, 0.1) is 0 Å². The standard InChI is InChI=1S/C12H13Cl2NO/c13-9-5-10(14)7-11(6-9)15-8-12-3-1-2-4-16-12/h2,4-7,12,15H,1,3,8H2. The van der Waals surface area contributed by atoms with Gasteiger partial charge in [-0.2, -0.15) is 0 Å². The number of anilines is 1. The third-order valence-corrected chi connectivity index (χ3v) is 2.86. The van der Waals surface area contributed by atoms with E-state index in [2.05, 4.69) is 5.32 Å². The van der Waals surface area contributed by atoms with Gasteiger partial charge in [-0.25, -0.2) is 0 Å². The van der Waals surface area contributed by atoms with Gasteiger partial charge in [0.15, 0.2) is 0 Å². The first-order valence-corrected chi connectivity index (χ1v) is 6.00. The second-order valence-corrected chi connectivity index (χ2v) is 4.62. The van der Waals surface area contributed by atoms with Crippen molar-refractivity contribution in [3.63, 3.8) is 0 Å². The van der Waals surface area contributed by atoms with Crippen molar-refractivity contribution < 1.29 is 4.74 Å². The fraction of sp³-hybridized carbons (Fsp3) is 0.333. The molecule has 0 fully saturated rings. The number of hydrogen-bond donors (Lipinski definition) is 1. The molecule has 4 heteroatoms. The van der Waals surface area contributed by atoms with Gasteiger partial charge in [-0.3, -0.25) is 0 Å². The Morgan fingerprint density at radius 1 is 1.25 bits per heavy atom. The monoisotopic (exact) mass is 257 g/mol. The van der Waals surface area contributed by atoms with Crippen LogP contribution in [-0.2, 0) is 4.74 Å². The minimum atomic E-state index is 0.225. The van der Waals surface area contributed by atoms with Crippen LogP contribution in [0.1, 0.15) is 12.8 Å². The van der Waals surface area contributed by atoms with E-state index in [1.807, 2.05) is 18.2 Å². The van der Waals surface area contributed by atoms with E-state index in [4.69, 9.17) is 27.9 Å². The molecule has 0 radical (unpaired) electrons. The summed E-state index contributed by atoms with van der Waals surface area (Å²) >= 11 is 11.8. The van der Waals surface area contributed by atoms with Crippen LogP contribution in [0.5, 0.6) is 0 Å². The van der Waals surface area contributed by atoms with Gasteiger partial charge in [0, 0.05) is 15.7 Å². The summed E-state index contributed by atoms with van der Waals surface area (Å²) in [4.78, 5) is 0. The lowest BCUT2D eigenvalue weighted by atomic mass is 10.1. The summed E-state index contributed by atoms with van der Waals surface area (Å²) in [6.07, 6.45) is 6.14. The van der Waals surface area contributed by atoms with Crippen LogP contribution in [0.4, 0.5) is 5.69 Å². The maximum absolute atomic E-state index is 5.90. The first kappa shape index (κ1) is 11.6. The maximum atomic E-state index is 5.90. The van der Waals surface area contributed by atoms with E-state index in [-0.39, 0.29) is 6.10 Å². The number of benzene rings is 1. The summed E-state index contributed by atoms with van der Waals surface area (Å²) in [7, 11) is 0. The predicted octanol–water partition coefficient (Wildman–Crippen LogP) is 4.10. The Balaban J connectivity index is 1.91. The first-order chi connectivity index (χ1) is 7.74. The molecule has 1 aromatic rings. The fourth-order valence-electron chi connectivity index (χ4n) is 1.62. The summed E-state index contributed by atoms with van der Waals surface area (Å²) in [5.41, 5.74) is 0.927. The van der Waals surface area contributed by atoms with E-state index in [0.29, 0.717) is 10.0 Å². The van der Waals surface area contributed by atoms with Crippen LogP contribution >= 0.6 is 23.2 Å². The van der Waals surface area contributed by atoms with E-state index in [1.54, 1.807) is 12.3 Å². The molecular formula is C12H13Cl2NO. The van der Waals surface area contributed by atoms with Crippen molar-refractivity contribution in [2.45, 2.75) is 18.9 Å². The van der Waals surface area contributed by atoms with Crippen LogP contribution in [0.25, 0.3) is 0 Å². The Hall–Kier alpha value is -0.860. The highest BCUT2D eigenvalue weighted by atomic mass is 35.5. The predicted molar refractivity (Wildman–Crippen MR) is 68.2 cm³/mol. The highest BCUT2D eigenvalue weighted by Crippen LogP contribution is 2.22. The van der Waals surface area contributed by atoms with E-state index in [9.17, 15) is 0 Å². The fourth-order valence-corrected chi connectivity index (χ4v) is 2.15. The molecule has 1 unspecified atom stereocenters. The van der Waals surface area contributed by atoms with Crippen LogP contribution < -0.4 is 5.32 Å². The molecule has 0 aromatic heterocycles. The first-order valence-electron chi connectivity index (χ1n) is 5.24. The molecule has 2 rings (SSSR count). The van der Waals surface area contributed by atoms with Gasteiger partial charge < -0.3 is 10.1 Å². The zero-order chi connectivity index (χ0) is 11.4. The number of halogens is 2. The van der Waals surface area contributed by atoms with Gasteiger partial charge in [-0.1, -0.05) is 23.2 Å². The molecule has 0 saturated heterocycles. The number of ether oxygens (including phenoxy) is 1. The lowest BCUT2D eigenvalue weighted by molar-refractivity contribution is 0.135. The average molecular weight is 258 g/mol. The minimum absolute atomic E-state index is 0.225. The third kappa shape index (κ3) is 3.32. The smallest absolute Gasteiger partial charge is 0.115 e. The molecule has 0 saturated carbocycles. The molecular weight excluding hydrogens is 245 g/mol. The third-order valence-electron chi connectivity index (χ3n) is 2.42. The van der Waals surface area contributed by atoms with Crippen molar-refractivity contribution in [1.82, 2.24) is 0 Å². The normalized spacial score (nSPS) is 19.2. The number of allylic oxidation sites excluding steroid dienone is 1. The van der Waals surface area contributed by atoms with Gasteiger partial charge in [0.05, 0.1) is 12.8 Å². The summed E-state index contributed by atoms with van der Waals surface area (Å²) in [6, 6.07) is 5.42. The highest BCUT2D eigenvalue weighted by molar-refractivity contribution is 6.35. The van der Waals surface area contributed by atoms with Crippen LogP contribution in [-0.4, -0.2) is 12.6 Å². The van der Waals surface area contributed by atoms with Gasteiger partial charge in [-0.05, 0) is 37.1 Å². The second kappa shape index (κ2) is 5.46. The molecule has 86 valence electrons. The number of nitrogens with one attached hydrogen (secondary N) is 1. The minimum Gasteiger partial charge on any atom is -0.497 e. The Labute approximate surface area is 105 Å². The molecule has 16 heavy (non-hydrogen) atoms. The SMILES string of the molecule is Clc1cc(Cl)cc(NCC2CCC=CO2)c1. The Bertz CT molecular complexity index is 372. The van der Waals surface area contributed by atoms with Crippen molar-refractivity contribution in [3.05, 3.63) is 40.6 Å². The quantitative estimate of drug-likeness (QED) is 0.881. The number of hydrogen-bond acceptors (Lipinski definition) is 2. The van der Waals surface area contributed by atoms with Crippen molar-refractivity contribution >= 4 is 28.9 Å². The van der Waals surface area contributed by atoms with E-state index >= 15 is 0 Å². The molecule has 0 spiro atoms. The molecule has 2 nitrogen and oxygen atoms in total. The largest absolute Gasteiger partial charge is 0.497 e. The molecule has 1 aromatic carbocycles. The van der Waals surface area contributed by atoms with Gasteiger partial charge in [0.2, 0.25) is 0 Å². The van der Waals surface area contributed by atoms with Crippen molar-refractivity contribution in [2.24, 2.45) is 0 Å². The topological polar surface area (TPSA) is 21.3 Å². The van der Waals surface area contributed by atoms with E-state index in [0.717, 1.165) is 25.1 Å². The van der Waals surface area contributed by atoms with Crippen LogP contribution in [0.2, 0.25) is 10.0 Å². The molecule has 1 aliphatic heterocycles. The molecule has 1 atom stereocenters. The zero-order valence-corrected chi connectivity index (χ0v) is 10.3. The van der Waals surface area contributed by atoms with E-state index in [1.165, 1.54) is 0 Å². The molecule has 0 amide bonds. The van der Waals surface area contributed by atoms with Crippen LogP contribution in [0.15, 0.2) is 30.5 Å². The van der Waals surface area contributed by atoms with Crippen molar-refractivity contribution in [3.8, 4) is 0 Å². The lowest BCUT2D eigenvalue weighted by Crippen LogP contribution is -2.22. The highest BCUT2D eigenvalue weighted by Gasteiger charge is 2.10. The Kier molecular flexibility index (Phi) is 3.97. The summed E-state index contributed by atoms with van der Waals surface area (Å²) in [6.45, 7) is 0.765. The molecule has 0 bridgehead atoms. The van der Waals surface area contributed by atoms with Gasteiger partial charge in [-0.15, -0.1) is 0 Å². The zero-order valence-electron chi connectivity index (χ0n) is 8.75. The van der Waals surface area contributed by atoms with Gasteiger partial charge in [0.1, 0.15) is 6.10 Å². The summed E-state index contributed by atoms with van der Waals surface area (Å²) in [5.74, 6) is 0. The number of rotatable bonds is 3. The summed E-state index contributed by atoms with van der Waals surface area (Å²) in [5, 5.41) is 4.55. The summed E-state index contributed by atoms with van der Waals surface area (Å²) < 4.78 is 5.45. The molecule has 1 heterocycles. The Morgan fingerprint density at radius 2 is 2.00 bits per heavy atom. The van der Waals surface area contributed by atoms with E-state index < -0.39 is 0 Å². The lowest BCUT2D eigenvalue weighted by Gasteiger charge is -2.20. The molecule has 1 N–H and O–H groups in total. The molecule has 0 aliphatic carbocycles. The molecule has 1 aliphatic rings. The average Bonchev–Trinajstić information content (AvgIpc) is 2.27. The van der Waals surface area contributed by atoms with Gasteiger partial charge >= 0.3 is 0 Å². The Morgan fingerprint density at radius 3 is 2.62 bits per heavy atom. The van der Waals surface area contributed by atoms with Crippen LogP contribution in [0.3, 0.4) is 0 Å².